The fourth-order valence-corrected chi connectivity index (χ4v) is 2.70. The molecule has 0 aliphatic carbocycles. The Bertz CT molecular complexity index is 587. The highest BCUT2D eigenvalue weighted by Crippen LogP contribution is 2.22. The number of thiophene rings is 1. The first-order valence-corrected chi connectivity index (χ1v) is 7.71. The van der Waals surface area contributed by atoms with E-state index in [-0.39, 0.29) is 5.91 Å². The van der Waals surface area contributed by atoms with Crippen LogP contribution < -0.4 is 5.32 Å². The maximum Gasteiger partial charge on any atom is 0.251 e. The lowest BCUT2D eigenvalue weighted by Gasteiger charge is -2.10. The highest BCUT2D eigenvalue weighted by Gasteiger charge is 2.10. The van der Waals surface area contributed by atoms with Gasteiger partial charge in [0.2, 0.25) is 0 Å². The molecule has 0 bridgehead atoms. The van der Waals surface area contributed by atoms with E-state index in [1.54, 1.807) is 12.1 Å². The number of rotatable bonds is 5. The lowest BCUT2D eigenvalue weighted by Crippen LogP contribution is -2.25. The summed E-state index contributed by atoms with van der Waals surface area (Å²) in [6.45, 7) is 0.385. The Morgan fingerprint density at radius 3 is 2.75 bits per heavy atom. The van der Waals surface area contributed by atoms with Crippen molar-refractivity contribution in [3.05, 3.63) is 56.2 Å². The molecule has 6 heteroatoms. The predicted molar refractivity (Wildman–Crippen MR) is 82.7 cm³/mol. The van der Waals surface area contributed by atoms with Gasteiger partial charge in [-0.3, -0.25) is 4.79 Å². The second-order valence-electron chi connectivity index (χ2n) is 4.25. The third-order valence-corrected chi connectivity index (χ3v) is 4.25. The van der Waals surface area contributed by atoms with Crippen molar-refractivity contribution in [2.24, 2.45) is 0 Å². The number of nitrogens with one attached hydrogen (secondary N) is 1. The van der Waals surface area contributed by atoms with Crippen molar-refractivity contribution < 1.29 is 9.90 Å². The average Bonchev–Trinajstić information content (AvgIpc) is 2.95. The summed E-state index contributed by atoms with van der Waals surface area (Å²) in [6, 6.07) is 6.59. The molecule has 1 aromatic carbocycles. The van der Waals surface area contributed by atoms with Crippen LogP contribution in [-0.4, -0.2) is 17.6 Å². The standard InChI is InChI=1S/C14H13Cl2NO2S/c15-11-2-1-9(7-12(11)16)14(19)17-5-3-13(18)10-4-6-20-8-10/h1-2,4,6-8,13,18H,3,5H2,(H,17,19). The van der Waals surface area contributed by atoms with Crippen LogP contribution >= 0.6 is 34.5 Å². The van der Waals surface area contributed by atoms with Crippen molar-refractivity contribution >= 4 is 40.4 Å². The van der Waals surface area contributed by atoms with Crippen LogP contribution in [0.1, 0.15) is 28.4 Å². The van der Waals surface area contributed by atoms with Gasteiger partial charge < -0.3 is 10.4 Å². The highest BCUT2D eigenvalue weighted by molar-refractivity contribution is 7.07. The molecule has 0 radical (unpaired) electrons. The Labute approximate surface area is 131 Å². The molecule has 2 N–H and O–H groups in total. The summed E-state index contributed by atoms with van der Waals surface area (Å²) in [5.74, 6) is -0.235. The van der Waals surface area contributed by atoms with Gasteiger partial charge in [0.1, 0.15) is 0 Å². The molecule has 0 saturated carbocycles. The van der Waals surface area contributed by atoms with Crippen molar-refractivity contribution in [1.29, 1.82) is 0 Å². The molecule has 0 saturated heterocycles. The summed E-state index contributed by atoms with van der Waals surface area (Å²) < 4.78 is 0. The molecule has 0 fully saturated rings. The molecule has 0 spiro atoms. The largest absolute Gasteiger partial charge is 0.388 e. The molecule has 1 heterocycles. The molecule has 1 unspecified atom stereocenters. The third kappa shape index (κ3) is 3.96. The first-order chi connectivity index (χ1) is 9.58. The van der Waals surface area contributed by atoms with Crippen LogP contribution in [-0.2, 0) is 0 Å². The number of halogens is 2. The quantitative estimate of drug-likeness (QED) is 0.873. The van der Waals surface area contributed by atoms with Crippen molar-refractivity contribution in [2.75, 3.05) is 6.54 Å². The van der Waals surface area contributed by atoms with E-state index in [4.69, 9.17) is 23.2 Å². The Morgan fingerprint density at radius 1 is 1.30 bits per heavy atom. The number of aliphatic hydroxyl groups excluding tert-OH is 1. The molecule has 3 nitrogen and oxygen atoms in total. The van der Waals surface area contributed by atoms with E-state index >= 15 is 0 Å². The topological polar surface area (TPSA) is 49.3 Å². The van der Waals surface area contributed by atoms with Crippen molar-refractivity contribution in [3.8, 4) is 0 Å². The van der Waals surface area contributed by atoms with Crippen LogP contribution in [0, 0.1) is 0 Å². The first kappa shape index (κ1) is 15.3. The number of carbonyl (C=O) groups is 1. The number of amides is 1. The maximum atomic E-state index is 11.9. The van der Waals surface area contributed by atoms with E-state index in [1.807, 2.05) is 16.8 Å². The lowest BCUT2D eigenvalue weighted by atomic mass is 10.1. The van der Waals surface area contributed by atoms with Crippen LogP contribution in [0.15, 0.2) is 35.0 Å². The van der Waals surface area contributed by atoms with Gasteiger partial charge in [-0.25, -0.2) is 0 Å². The highest BCUT2D eigenvalue weighted by atomic mass is 35.5. The normalized spacial score (nSPS) is 12.2. The van der Waals surface area contributed by atoms with Gasteiger partial charge in [0.15, 0.2) is 0 Å². The van der Waals surface area contributed by atoms with Gasteiger partial charge >= 0.3 is 0 Å². The number of hydrogen-bond acceptors (Lipinski definition) is 3. The van der Waals surface area contributed by atoms with E-state index in [1.165, 1.54) is 17.4 Å². The molecule has 106 valence electrons. The Kier molecular flexibility index (Phi) is 5.43. The van der Waals surface area contributed by atoms with Gasteiger partial charge in [0.25, 0.3) is 5.91 Å². The van der Waals surface area contributed by atoms with E-state index in [0.717, 1.165) is 5.56 Å². The molecule has 1 amide bonds. The van der Waals surface area contributed by atoms with Gasteiger partial charge in [0.05, 0.1) is 16.1 Å². The zero-order valence-corrected chi connectivity index (χ0v) is 12.8. The number of hydrogen-bond donors (Lipinski definition) is 2. The summed E-state index contributed by atoms with van der Waals surface area (Å²) in [6.07, 6.45) is -0.0978. The van der Waals surface area contributed by atoms with Crippen LogP contribution in [0.3, 0.4) is 0 Å². The Hall–Kier alpha value is -1.07. The number of carbonyl (C=O) groups excluding carboxylic acids is 1. The zero-order valence-electron chi connectivity index (χ0n) is 10.5. The minimum atomic E-state index is -0.560. The van der Waals surface area contributed by atoms with Crippen molar-refractivity contribution in [1.82, 2.24) is 5.32 Å². The second-order valence-corrected chi connectivity index (χ2v) is 5.84. The summed E-state index contributed by atoms with van der Waals surface area (Å²) in [5, 5.41) is 17.2. The fraction of sp³-hybridized carbons (Fsp3) is 0.214. The van der Waals surface area contributed by atoms with Crippen LogP contribution in [0.5, 0.6) is 0 Å². The molecule has 1 atom stereocenters. The van der Waals surface area contributed by atoms with Crippen molar-refractivity contribution in [2.45, 2.75) is 12.5 Å². The first-order valence-electron chi connectivity index (χ1n) is 6.01. The number of aliphatic hydroxyl groups is 1. The van der Waals surface area contributed by atoms with E-state index < -0.39 is 6.10 Å². The monoisotopic (exact) mass is 329 g/mol. The fourth-order valence-electron chi connectivity index (χ4n) is 1.69. The van der Waals surface area contributed by atoms with Gasteiger partial charge in [-0.2, -0.15) is 11.3 Å². The van der Waals surface area contributed by atoms with E-state index in [9.17, 15) is 9.90 Å². The van der Waals surface area contributed by atoms with Crippen molar-refractivity contribution in [3.63, 3.8) is 0 Å². The molecule has 2 rings (SSSR count). The average molecular weight is 330 g/mol. The third-order valence-electron chi connectivity index (χ3n) is 2.81. The van der Waals surface area contributed by atoms with Gasteiger partial charge in [-0.15, -0.1) is 0 Å². The molecule has 1 aromatic heterocycles. The minimum absolute atomic E-state index is 0.235. The SMILES string of the molecule is O=C(NCCC(O)c1ccsc1)c1ccc(Cl)c(Cl)c1. The predicted octanol–water partition coefficient (Wildman–Crippen LogP) is 3.91. The number of benzene rings is 1. The minimum Gasteiger partial charge on any atom is -0.388 e. The Balaban J connectivity index is 1.84. The van der Waals surface area contributed by atoms with Crippen LogP contribution in [0.25, 0.3) is 0 Å². The zero-order chi connectivity index (χ0) is 14.5. The van der Waals surface area contributed by atoms with Gasteiger partial charge in [-0.1, -0.05) is 23.2 Å². The molecule has 0 aliphatic heterocycles. The smallest absolute Gasteiger partial charge is 0.251 e. The summed E-state index contributed by atoms with van der Waals surface area (Å²) in [7, 11) is 0. The summed E-state index contributed by atoms with van der Waals surface area (Å²) >= 11 is 13.2. The van der Waals surface area contributed by atoms with Crippen LogP contribution in [0.4, 0.5) is 0 Å². The molecular weight excluding hydrogens is 317 g/mol. The second kappa shape index (κ2) is 7.09. The summed E-state index contributed by atoms with van der Waals surface area (Å²) in [5.41, 5.74) is 1.32. The molecular formula is C14H13Cl2NO2S. The lowest BCUT2D eigenvalue weighted by molar-refractivity contribution is 0.0942. The Morgan fingerprint density at radius 2 is 2.10 bits per heavy atom. The molecule has 20 heavy (non-hydrogen) atoms. The molecule has 0 aliphatic rings. The maximum absolute atomic E-state index is 11.9. The summed E-state index contributed by atoms with van der Waals surface area (Å²) in [4.78, 5) is 11.9. The van der Waals surface area contributed by atoms with E-state index in [0.29, 0.717) is 28.6 Å². The molecule has 2 aromatic rings. The van der Waals surface area contributed by atoms with Gasteiger partial charge in [0, 0.05) is 12.1 Å². The van der Waals surface area contributed by atoms with Crippen LogP contribution in [0.2, 0.25) is 10.0 Å². The van der Waals surface area contributed by atoms with Gasteiger partial charge in [-0.05, 0) is 47.0 Å². The van der Waals surface area contributed by atoms with E-state index in [2.05, 4.69) is 5.32 Å².